The van der Waals surface area contributed by atoms with Crippen LogP contribution in [0.2, 0.25) is 0 Å². The number of alkyl halides is 2. The third-order valence-corrected chi connectivity index (χ3v) is 3.45. The van der Waals surface area contributed by atoms with E-state index in [1.807, 2.05) is 31.2 Å². The highest BCUT2D eigenvalue weighted by molar-refractivity contribution is 9.10. The fourth-order valence-corrected chi connectivity index (χ4v) is 2.46. The molecular formula is C14H16BrF2N3. The zero-order valence-corrected chi connectivity index (χ0v) is 12.7. The molecule has 1 N–H and O–H groups in total. The van der Waals surface area contributed by atoms with Crippen molar-refractivity contribution in [2.45, 2.75) is 26.4 Å². The first-order chi connectivity index (χ1) is 9.61. The maximum atomic E-state index is 13.2. The normalized spacial score (nSPS) is 11.2. The van der Waals surface area contributed by atoms with Crippen LogP contribution < -0.4 is 5.32 Å². The standard InChI is InChI=1S/C14H16BrF2N3/c1-2-18-7-11-8-19-20(13(11)14(16)17)9-10-4-3-5-12(15)6-10/h3-6,8,14,18H,2,7,9H2,1H3. The van der Waals surface area contributed by atoms with Crippen LogP contribution in [0.15, 0.2) is 34.9 Å². The minimum Gasteiger partial charge on any atom is -0.313 e. The van der Waals surface area contributed by atoms with E-state index in [1.54, 1.807) is 0 Å². The van der Waals surface area contributed by atoms with Crippen LogP contribution >= 0.6 is 15.9 Å². The van der Waals surface area contributed by atoms with Gasteiger partial charge in [0.05, 0.1) is 12.7 Å². The van der Waals surface area contributed by atoms with E-state index in [0.29, 0.717) is 18.7 Å². The first-order valence-corrected chi connectivity index (χ1v) is 7.19. The first kappa shape index (κ1) is 15.1. The summed E-state index contributed by atoms with van der Waals surface area (Å²) in [5, 5.41) is 7.15. The summed E-state index contributed by atoms with van der Waals surface area (Å²) in [5.74, 6) is 0. The molecule has 3 nitrogen and oxygen atoms in total. The lowest BCUT2D eigenvalue weighted by Crippen LogP contribution is -2.14. The van der Waals surface area contributed by atoms with Crippen molar-refractivity contribution in [3.05, 3.63) is 51.8 Å². The van der Waals surface area contributed by atoms with Crippen LogP contribution in [-0.2, 0) is 13.1 Å². The third-order valence-electron chi connectivity index (χ3n) is 2.95. The Kier molecular flexibility index (Phi) is 5.25. The maximum Gasteiger partial charge on any atom is 0.280 e. The SMILES string of the molecule is CCNCc1cnn(Cc2cccc(Br)c2)c1C(F)F. The van der Waals surface area contributed by atoms with Crippen LogP contribution in [0, 0.1) is 0 Å². The van der Waals surface area contributed by atoms with Gasteiger partial charge in [-0.15, -0.1) is 0 Å². The second-order valence-corrected chi connectivity index (χ2v) is 5.34. The Bertz CT molecular complexity index is 569. The van der Waals surface area contributed by atoms with E-state index in [2.05, 4.69) is 26.3 Å². The van der Waals surface area contributed by atoms with Crippen molar-refractivity contribution in [2.75, 3.05) is 6.54 Å². The number of nitrogens with zero attached hydrogens (tertiary/aromatic N) is 2. The van der Waals surface area contributed by atoms with E-state index in [0.717, 1.165) is 16.6 Å². The number of hydrogen-bond donors (Lipinski definition) is 1. The van der Waals surface area contributed by atoms with Crippen LogP contribution in [0.25, 0.3) is 0 Å². The maximum absolute atomic E-state index is 13.2. The molecule has 0 aliphatic heterocycles. The highest BCUT2D eigenvalue weighted by Crippen LogP contribution is 2.24. The van der Waals surface area contributed by atoms with Crippen molar-refractivity contribution >= 4 is 15.9 Å². The highest BCUT2D eigenvalue weighted by atomic mass is 79.9. The summed E-state index contributed by atoms with van der Waals surface area (Å²) >= 11 is 3.37. The van der Waals surface area contributed by atoms with Gasteiger partial charge in [-0.25, -0.2) is 8.78 Å². The number of hydrogen-bond acceptors (Lipinski definition) is 2. The molecule has 0 aliphatic rings. The van der Waals surface area contributed by atoms with Crippen molar-refractivity contribution in [1.82, 2.24) is 15.1 Å². The Morgan fingerprint density at radius 3 is 2.85 bits per heavy atom. The molecule has 2 aromatic rings. The Hall–Kier alpha value is -1.27. The average molecular weight is 344 g/mol. The van der Waals surface area contributed by atoms with Crippen molar-refractivity contribution in [2.24, 2.45) is 0 Å². The molecule has 0 unspecified atom stereocenters. The van der Waals surface area contributed by atoms with Crippen LogP contribution in [0.1, 0.15) is 30.2 Å². The summed E-state index contributed by atoms with van der Waals surface area (Å²) in [4.78, 5) is 0. The largest absolute Gasteiger partial charge is 0.313 e. The molecule has 2 rings (SSSR count). The van der Waals surface area contributed by atoms with Gasteiger partial charge in [-0.3, -0.25) is 4.68 Å². The molecular weight excluding hydrogens is 328 g/mol. The number of benzene rings is 1. The molecule has 1 heterocycles. The van der Waals surface area contributed by atoms with E-state index in [4.69, 9.17) is 0 Å². The highest BCUT2D eigenvalue weighted by Gasteiger charge is 2.19. The van der Waals surface area contributed by atoms with Crippen LogP contribution in [0.4, 0.5) is 8.78 Å². The van der Waals surface area contributed by atoms with Gasteiger partial charge in [0, 0.05) is 16.6 Å². The van der Waals surface area contributed by atoms with Gasteiger partial charge < -0.3 is 5.32 Å². The third kappa shape index (κ3) is 3.64. The predicted molar refractivity (Wildman–Crippen MR) is 77.8 cm³/mol. The molecule has 0 saturated carbocycles. The first-order valence-electron chi connectivity index (χ1n) is 6.39. The smallest absolute Gasteiger partial charge is 0.280 e. The molecule has 20 heavy (non-hydrogen) atoms. The van der Waals surface area contributed by atoms with Gasteiger partial charge >= 0.3 is 0 Å². The monoisotopic (exact) mass is 343 g/mol. The number of nitrogens with one attached hydrogen (secondary N) is 1. The fraction of sp³-hybridized carbons (Fsp3) is 0.357. The van der Waals surface area contributed by atoms with Gasteiger partial charge in [-0.05, 0) is 24.2 Å². The summed E-state index contributed by atoms with van der Waals surface area (Å²) in [5.41, 5.74) is 1.47. The van der Waals surface area contributed by atoms with Crippen molar-refractivity contribution < 1.29 is 8.78 Å². The molecule has 0 radical (unpaired) electrons. The van der Waals surface area contributed by atoms with Crippen molar-refractivity contribution in [3.63, 3.8) is 0 Å². The molecule has 0 spiro atoms. The number of aromatic nitrogens is 2. The summed E-state index contributed by atoms with van der Waals surface area (Å²) in [6, 6.07) is 7.58. The second-order valence-electron chi connectivity index (χ2n) is 4.42. The predicted octanol–water partition coefficient (Wildman–Crippen LogP) is 3.74. The summed E-state index contributed by atoms with van der Waals surface area (Å²) in [7, 11) is 0. The number of halogens is 3. The molecule has 108 valence electrons. The summed E-state index contributed by atoms with van der Waals surface area (Å²) in [6.45, 7) is 3.42. The van der Waals surface area contributed by atoms with Gasteiger partial charge in [-0.2, -0.15) is 5.10 Å². The van der Waals surface area contributed by atoms with Crippen molar-refractivity contribution in [1.29, 1.82) is 0 Å². The zero-order valence-electron chi connectivity index (χ0n) is 11.1. The minimum absolute atomic E-state index is 0.00840. The summed E-state index contributed by atoms with van der Waals surface area (Å²) < 4.78 is 28.8. The topological polar surface area (TPSA) is 29.9 Å². The Morgan fingerprint density at radius 1 is 1.40 bits per heavy atom. The molecule has 0 bridgehead atoms. The van der Waals surface area contributed by atoms with Crippen molar-refractivity contribution in [3.8, 4) is 0 Å². The van der Waals surface area contributed by atoms with E-state index in [-0.39, 0.29) is 5.69 Å². The molecule has 0 amide bonds. The minimum atomic E-state index is -2.53. The molecule has 1 aromatic carbocycles. The summed E-state index contributed by atoms with van der Waals surface area (Å²) in [6.07, 6.45) is -1.01. The Morgan fingerprint density at radius 2 is 2.20 bits per heavy atom. The average Bonchev–Trinajstić information content (AvgIpc) is 2.79. The lowest BCUT2D eigenvalue weighted by Gasteiger charge is -2.09. The molecule has 1 aromatic heterocycles. The Labute approximate surface area is 125 Å². The number of rotatable bonds is 6. The lowest BCUT2D eigenvalue weighted by molar-refractivity contribution is 0.138. The molecule has 0 saturated heterocycles. The molecule has 6 heteroatoms. The quantitative estimate of drug-likeness (QED) is 0.865. The Balaban J connectivity index is 2.25. The zero-order chi connectivity index (χ0) is 14.5. The fourth-order valence-electron chi connectivity index (χ4n) is 2.02. The molecule has 0 aliphatic carbocycles. The van der Waals surface area contributed by atoms with Crippen LogP contribution in [0.3, 0.4) is 0 Å². The lowest BCUT2D eigenvalue weighted by atomic mass is 10.2. The van der Waals surface area contributed by atoms with Gasteiger partial charge in [0.25, 0.3) is 6.43 Å². The van der Waals surface area contributed by atoms with E-state index in [1.165, 1.54) is 10.9 Å². The van der Waals surface area contributed by atoms with Gasteiger partial charge in [0.1, 0.15) is 5.69 Å². The molecule has 0 atom stereocenters. The van der Waals surface area contributed by atoms with E-state index >= 15 is 0 Å². The van der Waals surface area contributed by atoms with E-state index < -0.39 is 6.43 Å². The van der Waals surface area contributed by atoms with Gasteiger partial charge in [0.15, 0.2) is 0 Å². The molecule has 0 fully saturated rings. The van der Waals surface area contributed by atoms with Gasteiger partial charge in [0.2, 0.25) is 0 Å². The van der Waals surface area contributed by atoms with E-state index in [9.17, 15) is 8.78 Å². The van der Waals surface area contributed by atoms with Gasteiger partial charge in [-0.1, -0.05) is 35.0 Å². The second kappa shape index (κ2) is 6.95. The van der Waals surface area contributed by atoms with Crippen LogP contribution in [-0.4, -0.2) is 16.3 Å². The van der Waals surface area contributed by atoms with Crippen LogP contribution in [0.5, 0.6) is 0 Å².